The maximum atomic E-state index is 12.3. The molecule has 3 aromatic rings. The highest BCUT2D eigenvalue weighted by molar-refractivity contribution is 5.79. The molecule has 6 heteroatoms. The molecule has 0 bridgehead atoms. The summed E-state index contributed by atoms with van der Waals surface area (Å²) in [6.45, 7) is 14.7. The summed E-state index contributed by atoms with van der Waals surface area (Å²) in [7, 11) is 0. The molecule has 0 aliphatic heterocycles. The predicted molar refractivity (Wildman–Crippen MR) is 155 cm³/mol. The van der Waals surface area contributed by atoms with E-state index in [1.165, 1.54) is 33.4 Å². The van der Waals surface area contributed by atoms with E-state index < -0.39 is 0 Å². The molecule has 1 N–H and O–H groups in total. The molecule has 0 spiro atoms. The first kappa shape index (κ1) is 27.7. The van der Waals surface area contributed by atoms with E-state index in [1.807, 2.05) is 0 Å². The third-order valence-electron chi connectivity index (χ3n) is 8.35. The summed E-state index contributed by atoms with van der Waals surface area (Å²) in [4.78, 5) is 19.4. The largest absolute Gasteiger partial charge is 0.369 e. The minimum atomic E-state index is 0.163. The van der Waals surface area contributed by atoms with Crippen molar-refractivity contribution in [2.24, 2.45) is 11.3 Å². The predicted octanol–water partition coefficient (Wildman–Crippen LogP) is 6.90. The van der Waals surface area contributed by atoms with Crippen molar-refractivity contribution in [2.45, 2.75) is 86.7 Å². The lowest BCUT2D eigenvalue weighted by Gasteiger charge is -2.25. The number of hydrogen-bond donors (Lipinski definition) is 1. The Morgan fingerprint density at radius 1 is 0.974 bits per heavy atom. The molecular weight excluding hydrogens is 470 g/mol. The van der Waals surface area contributed by atoms with E-state index in [9.17, 15) is 4.79 Å². The number of Topliss-reactive ketones (excluding diaryl/α,β-unsaturated/α-hetero) is 1. The Kier molecular flexibility index (Phi) is 8.80. The fourth-order valence-corrected chi connectivity index (χ4v) is 5.56. The lowest BCUT2D eigenvalue weighted by Crippen LogP contribution is -2.26. The molecule has 38 heavy (non-hydrogen) atoms. The van der Waals surface area contributed by atoms with Gasteiger partial charge in [0.1, 0.15) is 5.78 Å². The molecule has 0 amide bonds. The zero-order valence-corrected chi connectivity index (χ0v) is 24.0. The van der Waals surface area contributed by atoms with E-state index in [1.54, 1.807) is 13.1 Å². The molecule has 0 saturated heterocycles. The Morgan fingerprint density at radius 3 is 2.08 bits per heavy atom. The van der Waals surface area contributed by atoms with E-state index in [2.05, 4.69) is 91.4 Å². The highest BCUT2D eigenvalue weighted by atomic mass is 16.1. The smallest absolute Gasteiger partial charge is 0.247 e. The average Bonchev–Trinajstić information content (AvgIpc) is 3.67. The second-order valence-electron chi connectivity index (χ2n) is 11.3. The van der Waals surface area contributed by atoms with Gasteiger partial charge in [-0.3, -0.25) is 4.79 Å². The normalized spacial score (nSPS) is 14.7. The van der Waals surface area contributed by atoms with Gasteiger partial charge in [0.15, 0.2) is 5.82 Å². The van der Waals surface area contributed by atoms with Gasteiger partial charge in [0.2, 0.25) is 5.95 Å². The van der Waals surface area contributed by atoms with Crippen LogP contribution in [0.25, 0.3) is 0 Å². The Bertz CT molecular complexity index is 1210. The minimum Gasteiger partial charge on any atom is -0.369 e. The van der Waals surface area contributed by atoms with E-state index in [-0.39, 0.29) is 11.3 Å². The van der Waals surface area contributed by atoms with Gasteiger partial charge in [-0.05, 0) is 99.1 Å². The summed E-state index contributed by atoms with van der Waals surface area (Å²) in [5.41, 5.74) is 7.75. The van der Waals surface area contributed by atoms with E-state index >= 15 is 0 Å². The summed E-state index contributed by atoms with van der Waals surface area (Å²) in [5, 5.41) is 12.2. The molecule has 0 unspecified atom stereocenters. The minimum absolute atomic E-state index is 0.163. The number of benzene rings is 2. The van der Waals surface area contributed by atoms with Crippen LogP contribution in [0.1, 0.15) is 79.3 Å². The molecule has 4 rings (SSSR count). The van der Waals surface area contributed by atoms with Gasteiger partial charge in [0, 0.05) is 25.6 Å². The number of nitrogens with zero attached hydrogens (tertiary/aromatic N) is 4. The van der Waals surface area contributed by atoms with Crippen molar-refractivity contribution in [3.8, 4) is 0 Å². The monoisotopic (exact) mass is 513 g/mol. The van der Waals surface area contributed by atoms with Gasteiger partial charge in [0.25, 0.3) is 0 Å². The quantitative estimate of drug-likeness (QED) is 0.268. The van der Waals surface area contributed by atoms with Crippen molar-refractivity contribution in [2.75, 3.05) is 16.8 Å². The van der Waals surface area contributed by atoms with Crippen molar-refractivity contribution < 1.29 is 4.79 Å². The van der Waals surface area contributed by atoms with Gasteiger partial charge in [-0.1, -0.05) is 49.7 Å². The van der Waals surface area contributed by atoms with E-state index in [0.717, 1.165) is 44.5 Å². The lowest BCUT2D eigenvalue weighted by atomic mass is 9.80. The van der Waals surface area contributed by atoms with E-state index in [4.69, 9.17) is 4.98 Å². The van der Waals surface area contributed by atoms with Crippen LogP contribution < -0.4 is 10.2 Å². The second kappa shape index (κ2) is 12.1. The molecule has 1 aliphatic carbocycles. The summed E-state index contributed by atoms with van der Waals surface area (Å²) >= 11 is 0. The molecule has 1 fully saturated rings. The highest BCUT2D eigenvalue weighted by Crippen LogP contribution is 2.56. The molecule has 6 nitrogen and oxygen atoms in total. The lowest BCUT2D eigenvalue weighted by molar-refractivity contribution is -0.123. The fourth-order valence-electron chi connectivity index (χ4n) is 5.56. The SMILES string of the molecule is CCC[C@@H](C(C)=O)C1(CCNc2cnnc(N(Cc3ccc(C)c(C)c3)Cc3ccc(C)c(C)c3)n2)CC1. The number of carbonyl (C=O) groups excluding carboxylic acids is 1. The number of nitrogens with one attached hydrogen (secondary N) is 1. The third-order valence-corrected chi connectivity index (χ3v) is 8.35. The van der Waals surface area contributed by atoms with Crippen LogP contribution >= 0.6 is 0 Å². The summed E-state index contributed by atoms with van der Waals surface area (Å²) in [6.07, 6.45) is 7.00. The van der Waals surface area contributed by atoms with Crippen LogP contribution in [-0.4, -0.2) is 27.5 Å². The Labute approximate surface area is 228 Å². The molecular formula is C32H43N5O. The molecule has 0 radical (unpaired) electrons. The van der Waals surface area contributed by atoms with Crippen LogP contribution in [0.4, 0.5) is 11.8 Å². The van der Waals surface area contributed by atoms with Crippen molar-refractivity contribution in [3.63, 3.8) is 0 Å². The standard InChI is InChI=1S/C32H43N5O/c1-7-8-29(26(6)38)32(13-14-32)15-16-33-30-19-34-36-31(35-30)37(20-27-11-9-22(2)24(4)17-27)21-28-12-10-23(3)25(5)18-28/h9-12,17-19,29H,7-8,13-16,20-21H2,1-6H3,(H,33,35,36)/t29-/m0/s1. The van der Waals surface area contributed by atoms with Crippen LogP contribution in [0.15, 0.2) is 42.6 Å². The van der Waals surface area contributed by atoms with Gasteiger partial charge in [-0.25, -0.2) is 0 Å². The molecule has 1 atom stereocenters. The number of hydrogen-bond acceptors (Lipinski definition) is 6. The highest BCUT2D eigenvalue weighted by Gasteiger charge is 2.49. The number of aromatic nitrogens is 3. The number of anilines is 2. The molecule has 1 aliphatic rings. The first-order valence-electron chi connectivity index (χ1n) is 14.0. The maximum absolute atomic E-state index is 12.3. The van der Waals surface area contributed by atoms with Crippen molar-refractivity contribution in [3.05, 3.63) is 76.0 Å². The van der Waals surface area contributed by atoms with Crippen molar-refractivity contribution in [1.29, 1.82) is 0 Å². The first-order valence-corrected chi connectivity index (χ1v) is 14.0. The van der Waals surface area contributed by atoms with E-state index in [0.29, 0.717) is 24.8 Å². The molecule has 202 valence electrons. The van der Waals surface area contributed by atoms with Crippen molar-refractivity contribution >= 4 is 17.5 Å². The molecule has 1 heterocycles. The number of ketones is 1. The number of rotatable bonds is 13. The van der Waals surface area contributed by atoms with Gasteiger partial charge >= 0.3 is 0 Å². The zero-order chi connectivity index (χ0) is 27.3. The first-order chi connectivity index (χ1) is 18.2. The van der Waals surface area contributed by atoms with Crippen LogP contribution in [-0.2, 0) is 17.9 Å². The van der Waals surface area contributed by atoms with Gasteiger partial charge < -0.3 is 10.2 Å². The van der Waals surface area contributed by atoms with Gasteiger partial charge in [-0.15, -0.1) is 5.10 Å². The Balaban J connectivity index is 1.51. The fraction of sp³-hybridized carbons (Fsp3) is 0.500. The third kappa shape index (κ3) is 6.77. The second-order valence-corrected chi connectivity index (χ2v) is 11.3. The van der Waals surface area contributed by atoms with Gasteiger partial charge in [-0.2, -0.15) is 10.1 Å². The van der Waals surface area contributed by atoms with Crippen LogP contribution in [0, 0.1) is 39.0 Å². The van der Waals surface area contributed by atoms with Crippen LogP contribution in [0.5, 0.6) is 0 Å². The maximum Gasteiger partial charge on any atom is 0.247 e. The summed E-state index contributed by atoms with van der Waals surface area (Å²) in [6, 6.07) is 13.2. The number of carbonyl (C=O) groups is 1. The number of aryl methyl sites for hydroxylation is 4. The van der Waals surface area contributed by atoms with Crippen LogP contribution in [0.2, 0.25) is 0 Å². The molecule has 1 saturated carbocycles. The Hall–Kier alpha value is -3.28. The summed E-state index contributed by atoms with van der Waals surface area (Å²) in [5.74, 6) is 1.86. The molecule has 2 aromatic carbocycles. The Morgan fingerprint density at radius 2 is 1.58 bits per heavy atom. The van der Waals surface area contributed by atoms with Gasteiger partial charge in [0.05, 0.1) is 6.20 Å². The van der Waals surface area contributed by atoms with Crippen LogP contribution in [0.3, 0.4) is 0 Å². The average molecular weight is 514 g/mol. The summed E-state index contributed by atoms with van der Waals surface area (Å²) < 4.78 is 0. The molecule has 1 aromatic heterocycles. The zero-order valence-electron chi connectivity index (χ0n) is 24.0. The van der Waals surface area contributed by atoms with Crippen molar-refractivity contribution in [1.82, 2.24) is 15.2 Å². The topological polar surface area (TPSA) is 71.0 Å².